The van der Waals surface area contributed by atoms with E-state index in [1.54, 1.807) is 64.7 Å². The quantitative estimate of drug-likeness (QED) is 0.127. The summed E-state index contributed by atoms with van der Waals surface area (Å²) in [5.41, 5.74) is 12.0. The number of hydrogen-bond donors (Lipinski definition) is 1. The van der Waals surface area contributed by atoms with E-state index in [1.165, 1.54) is 44.2 Å². The average molecular weight is 1420 g/mol. The van der Waals surface area contributed by atoms with Crippen molar-refractivity contribution in [2.75, 3.05) is 6.54 Å². The average Bonchev–Trinajstić information content (AvgIpc) is 1.85. The minimum absolute atomic E-state index is 0.0360. The number of hydrogen-bond acceptors (Lipinski definition) is 15. The van der Waals surface area contributed by atoms with E-state index in [0.29, 0.717) is 5.82 Å². The molecule has 0 saturated carbocycles. The molecule has 1 unspecified atom stereocenters. The first-order valence-electron chi connectivity index (χ1n) is 33.3. The predicted molar refractivity (Wildman–Crippen MR) is 436 cm³/mol. The number of carbonyl (C=O) groups is 1. The van der Waals surface area contributed by atoms with Crippen LogP contribution in [0, 0.1) is 40.9 Å². The van der Waals surface area contributed by atoms with Crippen LogP contribution in [0.5, 0.6) is 0 Å². The number of nitrogens with one attached hydrogen (secondary N) is 1. The Labute approximate surface area is 614 Å². The second kappa shape index (κ2) is 38.9. The molecular weight excluding hydrogens is 1300 g/mol. The number of terminal acetylenes is 2. The van der Waals surface area contributed by atoms with Gasteiger partial charge in [-0.2, -0.15) is 8.75 Å². The van der Waals surface area contributed by atoms with E-state index in [9.17, 15) is 4.79 Å². The van der Waals surface area contributed by atoms with Crippen molar-refractivity contribution in [3.05, 3.63) is 182 Å². The number of H-pyrrole nitrogens is 1. The van der Waals surface area contributed by atoms with Crippen LogP contribution in [-0.2, 0) is 42.0 Å². The number of carbonyl (C=O) groups excluding carboxylic acids is 1. The summed E-state index contributed by atoms with van der Waals surface area (Å²) < 4.78 is 18.7. The second-order valence-electron chi connectivity index (χ2n) is 32.8. The Kier molecular flexibility index (Phi) is 35.2. The summed E-state index contributed by atoms with van der Waals surface area (Å²) >= 11 is 6.41. The fourth-order valence-electron chi connectivity index (χ4n) is 7.95. The van der Waals surface area contributed by atoms with Gasteiger partial charge in [-0.05, 0) is 110 Å². The van der Waals surface area contributed by atoms with Crippen molar-refractivity contribution in [1.82, 2.24) is 33.8 Å². The summed E-state index contributed by atoms with van der Waals surface area (Å²) in [6, 6.07) is 4.00. The number of imidazole rings is 1. The lowest BCUT2D eigenvalue weighted by molar-refractivity contribution is -0.149. The van der Waals surface area contributed by atoms with Crippen LogP contribution in [-0.4, -0.2) is 63.9 Å². The first kappa shape index (κ1) is 89.5. The number of aromatic amines is 1. The molecule has 0 spiro atoms. The maximum Gasteiger partial charge on any atom is 0.330 e. The summed E-state index contributed by atoms with van der Waals surface area (Å²) in [6.07, 6.45) is 34.4. The standard InChI is InChI=1S/C10H13N.C10H15N.C9H12N2.C9H13NO.4C9H13NS.C9H14O2/c1-5-9-8(6-7-11-9)10(2,3)4;1-5-8-6-7-9(11-8)10(2,3)4;1-5-8-10-6-7(11-8)9(2,3)4;1-5-7-6-8(11-10-7)9(2,3)4;1-5-8-10-7(6-11-8)9(2,3)4;1-5-8-10-6-7(11-8)9(2,3)4;1-5-8-7(6-11-10-8)9(2,3)4;1-5-7-6-8(11-10-7)9(2,3)4;1-9(2,3)7-5-4-6-8(10)11-7/h1,6H,7H2,2-4H3;5,7H,1,6H2,2-4H3;1,6H,2-4H3,(H,10,11);5*5-6H,1H2,2-4H3;4,6-7H,5H2,1-3H3. The number of nitrogens with zero attached hydrogens (tertiary/aromatic N) is 8. The van der Waals surface area contributed by atoms with Gasteiger partial charge in [-0.3, -0.25) is 9.98 Å². The van der Waals surface area contributed by atoms with Crippen molar-refractivity contribution >= 4 is 93.5 Å². The van der Waals surface area contributed by atoms with Gasteiger partial charge in [0.2, 0.25) is 0 Å². The molecule has 0 amide bonds. The monoisotopic (exact) mass is 1420 g/mol. The van der Waals surface area contributed by atoms with Gasteiger partial charge >= 0.3 is 5.97 Å². The molecule has 0 aromatic carbocycles. The fraction of sp³-hybridized carbons (Fsp3) is 0.482. The Morgan fingerprint density at radius 1 is 0.606 bits per heavy atom. The number of rotatable bonds is 6. The largest absolute Gasteiger partial charge is 0.458 e. The number of cyclic esters (lactones) is 1. The number of thiazole rings is 2. The molecule has 6 aromatic rings. The zero-order chi connectivity index (χ0) is 76.3. The molecule has 1 atom stereocenters. The van der Waals surface area contributed by atoms with E-state index >= 15 is 0 Å². The highest BCUT2D eigenvalue weighted by atomic mass is 32.1. The maximum atomic E-state index is 10.8. The lowest BCUT2D eigenvalue weighted by Gasteiger charge is -2.30. The van der Waals surface area contributed by atoms with E-state index in [1.807, 2.05) is 30.5 Å². The summed E-state index contributed by atoms with van der Waals surface area (Å²) in [6.45, 7) is 80.7. The first-order chi connectivity index (χ1) is 45.3. The molecule has 3 aliphatic heterocycles. The van der Waals surface area contributed by atoms with Crippen LogP contribution in [0.4, 0.5) is 0 Å². The summed E-state index contributed by atoms with van der Waals surface area (Å²) in [5.74, 6) is 6.35. The molecule has 1 N–H and O–H groups in total. The SMILES string of the molecule is C#CC1=NCC=C1C(C)(C)C.C#Cc1ncc(C(C)(C)C)[nH]1.C=CC1=NC(C(C)(C)C)=CC1.C=Cc1cc(C(C)(C)C)on1.C=Cc1cc(C(C)(C)C)sn1.C=Cc1nc(C(C)(C)C)cs1.C=Cc1ncc(C(C)(C)C)s1.C=Cc1nscc1C(C)(C)C.CC(C)(C)C1CC=CC(=O)O1. The van der Waals surface area contributed by atoms with Gasteiger partial charge in [-0.15, -0.1) is 35.5 Å². The van der Waals surface area contributed by atoms with Gasteiger partial charge in [-0.1, -0.05) is 256 Å². The predicted octanol–water partition coefficient (Wildman–Crippen LogP) is 23.5. The van der Waals surface area contributed by atoms with Crippen molar-refractivity contribution < 1.29 is 14.1 Å². The molecule has 0 saturated heterocycles. The molecule has 3 aliphatic rings. The van der Waals surface area contributed by atoms with Crippen LogP contribution < -0.4 is 0 Å². The third kappa shape index (κ3) is 33.0. The van der Waals surface area contributed by atoms with Crippen LogP contribution in [0.3, 0.4) is 0 Å². The molecule has 0 fully saturated rings. The van der Waals surface area contributed by atoms with Crippen LogP contribution >= 0.6 is 45.7 Å². The van der Waals surface area contributed by atoms with Crippen molar-refractivity contribution in [3.8, 4) is 24.7 Å². The van der Waals surface area contributed by atoms with E-state index < -0.39 is 0 Å². The number of esters is 1. The lowest BCUT2D eigenvalue weighted by atomic mass is 9.84. The van der Waals surface area contributed by atoms with E-state index in [4.69, 9.17) is 22.1 Å². The van der Waals surface area contributed by atoms with E-state index in [-0.39, 0.29) is 60.8 Å². The van der Waals surface area contributed by atoms with Gasteiger partial charge in [-0.25, -0.2) is 19.7 Å². The Morgan fingerprint density at radius 3 is 1.52 bits per heavy atom. The highest BCUT2D eigenvalue weighted by molar-refractivity contribution is 7.12. The maximum absolute atomic E-state index is 10.8. The van der Waals surface area contributed by atoms with Gasteiger partial charge < -0.3 is 14.2 Å². The molecule has 9 rings (SSSR count). The fourth-order valence-corrected chi connectivity index (χ4v) is 11.4. The Hall–Kier alpha value is -7.47. The van der Waals surface area contributed by atoms with Crippen LogP contribution in [0.1, 0.15) is 265 Å². The minimum atomic E-state index is -0.212. The number of ether oxygens (including phenoxy) is 1. The number of allylic oxidation sites excluding steroid dienone is 4. The van der Waals surface area contributed by atoms with Crippen molar-refractivity contribution in [2.45, 2.75) is 238 Å². The van der Waals surface area contributed by atoms with Crippen molar-refractivity contribution in [1.29, 1.82) is 0 Å². The van der Waals surface area contributed by atoms with Crippen LogP contribution in [0.2, 0.25) is 0 Å². The molecule has 0 bridgehead atoms. The molecule has 6 aromatic heterocycles. The molecule has 12 nitrogen and oxygen atoms in total. The zero-order valence-corrected chi connectivity index (χ0v) is 68.5. The van der Waals surface area contributed by atoms with Gasteiger partial charge in [0.1, 0.15) is 33.3 Å². The summed E-state index contributed by atoms with van der Waals surface area (Å²) in [4.78, 5) is 37.7. The molecule has 9 heterocycles. The smallest absolute Gasteiger partial charge is 0.330 e. The van der Waals surface area contributed by atoms with Gasteiger partial charge in [0.05, 0.1) is 23.6 Å². The third-order valence-corrected chi connectivity index (χ3v) is 18.5. The van der Waals surface area contributed by atoms with Crippen molar-refractivity contribution in [2.24, 2.45) is 26.2 Å². The molecular formula is C83H119N9O3S4. The summed E-state index contributed by atoms with van der Waals surface area (Å²) in [7, 11) is 0. The minimum Gasteiger partial charge on any atom is -0.458 e. The Bertz CT molecular complexity index is 3590. The first-order valence-corrected chi connectivity index (χ1v) is 36.6. The van der Waals surface area contributed by atoms with Gasteiger partial charge in [0.25, 0.3) is 0 Å². The molecule has 16 heteroatoms. The normalized spacial score (nSPS) is 14.3. The second-order valence-corrected chi connectivity index (χ2v) is 36.2. The number of aliphatic imine (C=N–C) groups is 2. The van der Waals surface area contributed by atoms with E-state index in [0.717, 1.165) is 75.1 Å². The summed E-state index contributed by atoms with van der Waals surface area (Å²) in [5, 5.41) is 10.0. The molecule has 0 aliphatic carbocycles. The highest BCUT2D eigenvalue weighted by Crippen LogP contribution is 2.33. The molecule has 0 radical (unpaired) electrons. The van der Waals surface area contributed by atoms with Crippen LogP contribution in [0.15, 0.2) is 131 Å². The van der Waals surface area contributed by atoms with Gasteiger partial charge in [0, 0.05) is 96.7 Å². The Balaban J connectivity index is 0.000000557. The topological polar surface area (TPSA) is 157 Å². The third-order valence-electron chi connectivity index (χ3n) is 14.3. The van der Waals surface area contributed by atoms with E-state index in [2.05, 4.69) is 311 Å². The highest BCUT2D eigenvalue weighted by Gasteiger charge is 2.29. The lowest BCUT2D eigenvalue weighted by Crippen LogP contribution is -2.32. The zero-order valence-electron chi connectivity index (χ0n) is 65.3. The Morgan fingerprint density at radius 2 is 1.21 bits per heavy atom. The van der Waals surface area contributed by atoms with Crippen LogP contribution in [0.25, 0.3) is 30.4 Å². The molecule has 538 valence electrons. The molecule has 99 heavy (non-hydrogen) atoms. The van der Waals surface area contributed by atoms with Crippen molar-refractivity contribution in [3.63, 3.8) is 0 Å². The number of aromatic nitrogens is 7. The van der Waals surface area contributed by atoms with Gasteiger partial charge in [0.15, 0.2) is 5.82 Å².